The van der Waals surface area contributed by atoms with Crippen LogP contribution in [0.25, 0.3) is 11.4 Å². The molecule has 0 saturated heterocycles. The van der Waals surface area contributed by atoms with Gasteiger partial charge in [0.2, 0.25) is 5.95 Å². The number of aromatic nitrogens is 3. The minimum atomic E-state index is -0.514. The van der Waals surface area contributed by atoms with Gasteiger partial charge in [-0.25, -0.2) is 0 Å². The Balaban J connectivity index is 1.78. The molecule has 0 spiro atoms. The highest BCUT2D eigenvalue weighted by molar-refractivity contribution is 5.90. The number of rotatable bonds is 4. The minimum absolute atomic E-state index is 0.0794. The molecule has 1 heterocycles. The molecule has 4 aromatic rings. The highest BCUT2D eigenvalue weighted by Gasteiger charge is 2.27. The van der Waals surface area contributed by atoms with Crippen LogP contribution in [0.5, 0.6) is 0 Å². The molecule has 0 radical (unpaired) electrons. The Morgan fingerprint density at radius 1 is 0.778 bits per heavy atom. The van der Waals surface area contributed by atoms with Crippen molar-refractivity contribution in [2.75, 3.05) is 5.73 Å². The predicted molar refractivity (Wildman–Crippen MR) is 105 cm³/mol. The number of nitrogens with two attached hydrogens (primary N) is 1. The molecule has 2 N–H and O–H groups in total. The maximum absolute atomic E-state index is 13.4. The third-order valence-corrected chi connectivity index (χ3v) is 4.39. The number of carbonyl (C=O) groups excluding carboxylic acids is 1. The van der Waals surface area contributed by atoms with E-state index in [0.717, 1.165) is 16.7 Å². The van der Waals surface area contributed by atoms with Crippen LogP contribution in [0.3, 0.4) is 0 Å². The van der Waals surface area contributed by atoms with E-state index in [0.29, 0.717) is 5.82 Å². The van der Waals surface area contributed by atoms with Gasteiger partial charge in [-0.1, -0.05) is 91.0 Å². The molecule has 0 aliphatic carbocycles. The summed E-state index contributed by atoms with van der Waals surface area (Å²) >= 11 is 0. The summed E-state index contributed by atoms with van der Waals surface area (Å²) in [5, 5.41) is 4.38. The predicted octanol–water partition coefficient (Wildman–Crippen LogP) is 4.00. The highest BCUT2D eigenvalue weighted by atomic mass is 16.2. The number of anilines is 1. The smallest absolute Gasteiger partial charge is 0.262 e. The number of hydrogen-bond donors (Lipinski definition) is 1. The maximum Gasteiger partial charge on any atom is 0.262 e. The Labute approximate surface area is 157 Å². The van der Waals surface area contributed by atoms with Gasteiger partial charge in [-0.3, -0.25) is 4.79 Å². The molecular formula is C22H18N4O. The van der Waals surface area contributed by atoms with Gasteiger partial charge >= 0.3 is 0 Å². The average Bonchev–Trinajstić information content (AvgIpc) is 3.12. The van der Waals surface area contributed by atoms with Gasteiger partial charge in [-0.2, -0.15) is 9.67 Å². The molecule has 4 rings (SSSR count). The number of carbonyl (C=O) groups is 1. The zero-order valence-corrected chi connectivity index (χ0v) is 14.6. The largest absolute Gasteiger partial charge is 0.368 e. The monoisotopic (exact) mass is 354 g/mol. The Morgan fingerprint density at radius 2 is 1.26 bits per heavy atom. The molecule has 0 saturated carbocycles. The Kier molecular flexibility index (Phi) is 4.49. The summed E-state index contributed by atoms with van der Waals surface area (Å²) < 4.78 is 1.20. The van der Waals surface area contributed by atoms with Crippen LogP contribution in [0.2, 0.25) is 0 Å². The lowest BCUT2D eigenvalue weighted by Crippen LogP contribution is -2.24. The fraction of sp³-hybridized carbons (Fsp3) is 0.0455. The molecule has 27 heavy (non-hydrogen) atoms. The molecule has 132 valence electrons. The molecular weight excluding hydrogens is 336 g/mol. The van der Waals surface area contributed by atoms with E-state index in [1.54, 1.807) is 0 Å². The molecule has 0 bridgehead atoms. The van der Waals surface area contributed by atoms with E-state index in [1.165, 1.54) is 4.68 Å². The Hall–Kier alpha value is -3.73. The second-order valence-electron chi connectivity index (χ2n) is 6.16. The van der Waals surface area contributed by atoms with Crippen molar-refractivity contribution in [3.8, 4) is 11.4 Å². The molecule has 0 aliphatic heterocycles. The van der Waals surface area contributed by atoms with Gasteiger partial charge in [0.1, 0.15) is 0 Å². The lowest BCUT2D eigenvalue weighted by atomic mass is 9.90. The van der Waals surface area contributed by atoms with Crippen molar-refractivity contribution in [1.82, 2.24) is 14.8 Å². The normalized spacial score (nSPS) is 10.9. The number of nitrogen functional groups attached to an aromatic ring is 1. The third-order valence-electron chi connectivity index (χ3n) is 4.39. The number of nitrogens with zero attached hydrogens (tertiary/aromatic N) is 3. The zero-order valence-electron chi connectivity index (χ0n) is 14.6. The molecule has 5 heteroatoms. The summed E-state index contributed by atoms with van der Waals surface area (Å²) in [5.41, 5.74) is 8.61. The van der Waals surface area contributed by atoms with Crippen LogP contribution in [0.1, 0.15) is 21.8 Å². The molecule has 0 amide bonds. The molecule has 0 atom stereocenters. The SMILES string of the molecule is Nc1nc(-c2ccccc2)nn1C(=O)C(c1ccccc1)c1ccccc1. The van der Waals surface area contributed by atoms with E-state index in [9.17, 15) is 4.79 Å². The van der Waals surface area contributed by atoms with Crippen molar-refractivity contribution < 1.29 is 4.79 Å². The first kappa shape index (κ1) is 16.7. The van der Waals surface area contributed by atoms with E-state index < -0.39 is 5.92 Å². The van der Waals surface area contributed by atoms with Gasteiger partial charge in [0.25, 0.3) is 5.91 Å². The van der Waals surface area contributed by atoms with Gasteiger partial charge < -0.3 is 5.73 Å². The zero-order chi connectivity index (χ0) is 18.6. The van der Waals surface area contributed by atoms with Crippen LogP contribution in [-0.4, -0.2) is 20.7 Å². The molecule has 0 fully saturated rings. The van der Waals surface area contributed by atoms with Crippen molar-refractivity contribution in [2.45, 2.75) is 5.92 Å². The molecule has 0 unspecified atom stereocenters. The second kappa shape index (κ2) is 7.25. The summed E-state index contributed by atoms with van der Waals surface area (Å²) in [5.74, 6) is -0.239. The molecule has 3 aromatic carbocycles. The van der Waals surface area contributed by atoms with Crippen molar-refractivity contribution >= 4 is 11.9 Å². The average molecular weight is 354 g/mol. The quantitative estimate of drug-likeness (QED) is 0.601. The number of hydrogen-bond acceptors (Lipinski definition) is 4. The summed E-state index contributed by atoms with van der Waals surface area (Å²) in [7, 11) is 0. The van der Waals surface area contributed by atoms with Crippen LogP contribution in [-0.2, 0) is 0 Å². The molecule has 0 aliphatic rings. The highest BCUT2D eigenvalue weighted by Crippen LogP contribution is 2.27. The van der Waals surface area contributed by atoms with E-state index in [2.05, 4.69) is 10.1 Å². The van der Waals surface area contributed by atoms with Crippen LogP contribution < -0.4 is 5.73 Å². The van der Waals surface area contributed by atoms with E-state index in [4.69, 9.17) is 5.73 Å². The summed E-state index contributed by atoms with van der Waals surface area (Å²) in [6.45, 7) is 0. The van der Waals surface area contributed by atoms with E-state index in [-0.39, 0.29) is 11.9 Å². The lowest BCUT2D eigenvalue weighted by molar-refractivity contribution is 0.0880. The lowest BCUT2D eigenvalue weighted by Gasteiger charge is -2.16. The molecule has 5 nitrogen and oxygen atoms in total. The summed E-state index contributed by atoms with van der Waals surface area (Å²) in [6, 6.07) is 28.7. The Bertz CT molecular complexity index is 1000. The van der Waals surface area contributed by atoms with Crippen LogP contribution in [0.15, 0.2) is 91.0 Å². The van der Waals surface area contributed by atoms with Crippen LogP contribution >= 0.6 is 0 Å². The van der Waals surface area contributed by atoms with Crippen LogP contribution in [0, 0.1) is 0 Å². The topological polar surface area (TPSA) is 73.8 Å². The maximum atomic E-state index is 13.4. The second-order valence-corrected chi connectivity index (χ2v) is 6.16. The minimum Gasteiger partial charge on any atom is -0.368 e. The summed E-state index contributed by atoms with van der Waals surface area (Å²) in [6.07, 6.45) is 0. The van der Waals surface area contributed by atoms with Crippen molar-refractivity contribution in [1.29, 1.82) is 0 Å². The summed E-state index contributed by atoms with van der Waals surface area (Å²) in [4.78, 5) is 17.7. The third kappa shape index (κ3) is 3.35. The van der Waals surface area contributed by atoms with Gasteiger partial charge in [0.15, 0.2) is 5.82 Å². The first-order chi connectivity index (χ1) is 13.2. The van der Waals surface area contributed by atoms with Crippen molar-refractivity contribution in [2.24, 2.45) is 0 Å². The fourth-order valence-corrected chi connectivity index (χ4v) is 3.09. The Morgan fingerprint density at radius 3 is 1.78 bits per heavy atom. The van der Waals surface area contributed by atoms with Gasteiger partial charge in [-0.15, -0.1) is 5.10 Å². The number of benzene rings is 3. The van der Waals surface area contributed by atoms with Gasteiger partial charge in [-0.05, 0) is 11.1 Å². The van der Waals surface area contributed by atoms with E-state index >= 15 is 0 Å². The van der Waals surface area contributed by atoms with Crippen molar-refractivity contribution in [3.05, 3.63) is 102 Å². The van der Waals surface area contributed by atoms with Crippen LogP contribution in [0.4, 0.5) is 5.95 Å². The standard InChI is InChI=1S/C22H18N4O/c23-22-24-20(18-14-8-3-9-15-18)25-26(22)21(27)19(16-10-4-1-5-11-16)17-12-6-2-7-13-17/h1-15,19H,(H2,23,24,25). The van der Waals surface area contributed by atoms with Gasteiger partial charge in [0, 0.05) is 5.56 Å². The van der Waals surface area contributed by atoms with Crippen molar-refractivity contribution in [3.63, 3.8) is 0 Å². The molecule has 1 aromatic heterocycles. The van der Waals surface area contributed by atoms with E-state index in [1.807, 2.05) is 91.0 Å². The first-order valence-corrected chi connectivity index (χ1v) is 8.66. The first-order valence-electron chi connectivity index (χ1n) is 8.66. The van der Waals surface area contributed by atoms with Gasteiger partial charge in [0.05, 0.1) is 5.92 Å². The fourth-order valence-electron chi connectivity index (χ4n) is 3.09.